The van der Waals surface area contributed by atoms with Gasteiger partial charge >= 0.3 is 5.97 Å². The number of carboxylic acid groups (broad SMARTS) is 1. The molecule has 0 spiro atoms. The molecule has 0 aliphatic carbocycles. The van der Waals surface area contributed by atoms with Crippen molar-refractivity contribution in [1.29, 1.82) is 0 Å². The Kier molecular flexibility index (Phi) is 2.82. The van der Waals surface area contributed by atoms with Gasteiger partial charge in [0.15, 0.2) is 0 Å². The lowest BCUT2D eigenvalue weighted by atomic mass is 10.2. The average Bonchev–Trinajstić information content (AvgIpc) is 3.03. The third kappa shape index (κ3) is 1.97. The summed E-state index contributed by atoms with van der Waals surface area (Å²) in [6.07, 6.45) is 1.71. The molecule has 1 N–H and O–H groups in total. The average molecular weight is 270 g/mol. The number of hydrogen-bond donors (Lipinski definition) is 1. The first-order valence-electron chi connectivity index (χ1n) is 6.32. The number of rotatable bonds is 3. The first kappa shape index (κ1) is 12.5. The van der Waals surface area contributed by atoms with Gasteiger partial charge in [0.05, 0.1) is 29.0 Å². The second-order valence-corrected chi connectivity index (χ2v) is 4.78. The van der Waals surface area contributed by atoms with Crippen LogP contribution in [0.2, 0.25) is 0 Å². The van der Waals surface area contributed by atoms with Crippen molar-refractivity contribution in [3.63, 3.8) is 0 Å². The molecule has 2 heterocycles. The highest BCUT2D eigenvalue weighted by Crippen LogP contribution is 2.25. The predicted octanol–water partition coefficient (Wildman–Crippen LogP) is 3.25. The van der Waals surface area contributed by atoms with Gasteiger partial charge in [-0.25, -0.2) is 9.78 Å². The highest BCUT2D eigenvalue weighted by atomic mass is 16.4. The van der Waals surface area contributed by atoms with Gasteiger partial charge in [-0.15, -0.1) is 0 Å². The van der Waals surface area contributed by atoms with Gasteiger partial charge in [-0.05, 0) is 44.2 Å². The van der Waals surface area contributed by atoms with Crippen LogP contribution in [0.25, 0.3) is 11.0 Å². The Morgan fingerprint density at radius 3 is 2.80 bits per heavy atom. The van der Waals surface area contributed by atoms with Crippen molar-refractivity contribution in [3.8, 4) is 0 Å². The van der Waals surface area contributed by atoms with Gasteiger partial charge in [0.1, 0.15) is 11.5 Å². The molecule has 5 heteroatoms. The van der Waals surface area contributed by atoms with Crippen LogP contribution in [0.1, 0.15) is 34.8 Å². The molecule has 0 saturated carbocycles. The number of aromatic nitrogens is 2. The third-order valence-corrected chi connectivity index (χ3v) is 3.41. The summed E-state index contributed by atoms with van der Waals surface area (Å²) < 4.78 is 7.55. The highest BCUT2D eigenvalue weighted by Gasteiger charge is 2.15. The maximum Gasteiger partial charge on any atom is 0.335 e. The van der Waals surface area contributed by atoms with Gasteiger partial charge in [-0.1, -0.05) is 0 Å². The molecule has 5 nitrogen and oxygen atoms in total. The molecule has 1 unspecified atom stereocenters. The molecule has 20 heavy (non-hydrogen) atoms. The van der Waals surface area contributed by atoms with Crippen molar-refractivity contribution >= 4 is 17.0 Å². The van der Waals surface area contributed by atoms with E-state index in [9.17, 15) is 4.79 Å². The molecule has 3 aromatic rings. The van der Waals surface area contributed by atoms with E-state index in [2.05, 4.69) is 4.98 Å². The number of benzene rings is 1. The second kappa shape index (κ2) is 4.52. The molecular formula is C15H14N2O3. The molecule has 0 bridgehead atoms. The summed E-state index contributed by atoms with van der Waals surface area (Å²) in [6.45, 7) is 3.89. The Hall–Kier alpha value is -2.56. The predicted molar refractivity (Wildman–Crippen MR) is 74.0 cm³/mol. The van der Waals surface area contributed by atoms with E-state index in [4.69, 9.17) is 9.52 Å². The standard InChI is InChI=1S/C15H14N2O3/c1-9-3-6-14(20-9)10(2)17-8-16-12-5-4-11(15(18)19)7-13(12)17/h3-8,10H,1-2H3,(H,18,19). The molecule has 1 atom stereocenters. The van der Waals surface area contributed by atoms with Crippen molar-refractivity contribution < 1.29 is 14.3 Å². The number of furan rings is 1. The van der Waals surface area contributed by atoms with E-state index in [1.807, 2.05) is 30.5 Å². The van der Waals surface area contributed by atoms with Crippen molar-refractivity contribution in [3.05, 3.63) is 53.7 Å². The number of nitrogens with zero attached hydrogens (tertiary/aromatic N) is 2. The molecule has 0 radical (unpaired) electrons. The summed E-state index contributed by atoms with van der Waals surface area (Å²) >= 11 is 0. The molecular weight excluding hydrogens is 256 g/mol. The van der Waals surface area contributed by atoms with Crippen LogP contribution in [-0.2, 0) is 0 Å². The van der Waals surface area contributed by atoms with Crippen LogP contribution in [0.4, 0.5) is 0 Å². The number of carboxylic acids is 1. The minimum Gasteiger partial charge on any atom is -0.478 e. The van der Waals surface area contributed by atoms with Crippen LogP contribution >= 0.6 is 0 Å². The fourth-order valence-electron chi connectivity index (χ4n) is 2.28. The molecule has 0 fully saturated rings. The van der Waals surface area contributed by atoms with E-state index in [1.165, 1.54) is 0 Å². The van der Waals surface area contributed by atoms with Crippen LogP contribution in [0.15, 0.2) is 41.1 Å². The zero-order valence-electron chi connectivity index (χ0n) is 11.2. The molecule has 0 aliphatic rings. The maximum absolute atomic E-state index is 11.1. The number of carbonyl (C=O) groups is 1. The highest BCUT2D eigenvalue weighted by molar-refractivity contribution is 5.92. The Balaban J connectivity index is 2.11. The van der Waals surface area contributed by atoms with Gasteiger partial charge in [-0.3, -0.25) is 0 Å². The largest absolute Gasteiger partial charge is 0.478 e. The van der Waals surface area contributed by atoms with Crippen molar-refractivity contribution in [1.82, 2.24) is 9.55 Å². The summed E-state index contributed by atoms with van der Waals surface area (Å²) in [7, 11) is 0. The fourth-order valence-corrected chi connectivity index (χ4v) is 2.28. The summed E-state index contributed by atoms with van der Waals surface area (Å²) in [5, 5.41) is 9.08. The number of fused-ring (bicyclic) bond motifs is 1. The summed E-state index contributed by atoms with van der Waals surface area (Å²) in [6, 6.07) is 8.70. The normalized spacial score (nSPS) is 12.7. The SMILES string of the molecule is Cc1ccc(C(C)n2cnc3ccc(C(=O)O)cc32)o1. The minimum absolute atomic E-state index is 0.0438. The fraction of sp³-hybridized carbons (Fsp3) is 0.200. The molecule has 2 aromatic heterocycles. The summed E-state index contributed by atoms with van der Waals surface area (Å²) in [4.78, 5) is 15.4. The molecule has 102 valence electrons. The summed E-state index contributed by atoms with van der Waals surface area (Å²) in [5.41, 5.74) is 1.80. The maximum atomic E-state index is 11.1. The van der Waals surface area contributed by atoms with Gasteiger partial charge in [0, 0.05) is 0 Å². The van der Waals surface area contributed by atoms with Gasteiger partial charge in [0.25, 0.3) is 0 Å². The van der Waals surface area contributed by atoms with Gasteiger partial charge in [-0.2, -0.15) is 0 Å². The van der Waals surface area contributed by atoms with E-state index in [0.717, 1.165) is 22.6 Å². The van der Waals surface area contributed by atoms with E-state index in [0.29, 0.717) is 0 Å². The number of imidazole rings is 1. The van der Waals surface area contributed by atoms with Crippen LogP contribution in [0, 0.1) is 6.92 Å². The third-order valence-electron chi connectivity index (χ3n) is 3.41. The first-order chi connectivity index (χ1) is 9.56. The Morgan fingerprint density at radius 2 is 2.15 bits per heavy atom. The minimum atomic E-state index is -0.943. The number of aryl methyl sites for hydroxylation is 1. The van der Waals surface area contributed by atoms with Crippen LogP contribution in [0.5, 0.6) is 0 Å². The van der Waals surface area contributed by atoms with E-state index in [-0.39, 0.29) is 11.6 Å². The van der Waals surface area contributed by atoms with Crippen LogP contribution in [-0.4, -0.2) is 20.6 Å². The van der Waals surface area contributed by atoms with Gasteiger partial charge < -0.3 is 14.1 Å². The lowest BCUT2D eigenvalue weighted by molar-refractivity contribution is 0.0697. The Bertz CT molecular complexity index is 785. The van der Waals surface area contributed by atoms with E-state index >= 15 is 0 Å². The zero-order valence-corrected chi connectivity index (χ0v) is 11.2. The lowest BCUT2D eigenvalue weighted by Crippen LogP contribution is -2.05. The molecule has 1 aromatic carbocycles. The summed E-state index contributed by atoms with van der Waals surface area (Å²) in [5.74, 6) is 0.728. The molecule has 0 saturated heterocycles. The van der Waals surface area contributed by atoms with E-state index in [1.54, 1.807) is 24.5 Å². The van der Waals surface area contributed by atoms with Crippen molar-refractivity contribution in [2.45, 2.75) is 19.9 Å². The topological polar surface area (TPSA) is 68.3 Å². The van der Waals surface area contributed by atoms with Gasteiger partial charge in [0.2, 0.25) is 0 Å². The number of hydrogen-bond acceptors (Lipinski definition) is 3. The quantitative estimate of drug-likeness (QED) is 0.793. The smallest absolute Gasteiger partial charge is 0.335 e. The molecule has 0 aliphatic heterocycles. The lowest BCUT2D eigenvalue weighted by Gasteiger charge is -2.12. The number of aromatic carboxylic acids is 1. The van der Waals surface area contributed by atoms with Crippen LogP contribution < -0.4 is 0 Å². The molecule has 3 rings (SSSR count). The van der Waals surface area contributed by atoms with Crippen molar-refractivity contribution in [2.75, 3.05) is 0 Å². The van der Waals surface area contributed by atoms with Crippen LogP contribution in [0.3, 0.4) is 0 Å². The Morgan fingerprint density at radius 1 is 1.35 bits per heavy atom. The molecule has 0 amide bonds. The monoisotopic (exact) mass is 270 g/mol. The van der Waals surface area contributed by atoms with Crippen molar-refractivity contribution in [2.24, 2.45) is 0 Å². The first-order valence-corrected chi connectivity index (χ1v) is 6.32. The van der Waals surface area contributed by atoms with E-state index < -0.39 is 5.97 Å². The second-order valence-electron chi connectivity index (χ2n) is 4.78. The zero-order chi connectivity index (χ0) is 14.3. The Labute approximate surface area is 115 Å².